The number of thiazole rings is 1. The standard InChI is InChI=1S/C17H24N2OS/c1-17(2,3)18-11-16-19-15(12-21-16)14-7-5-13(6-8-14)9-10-20-4/h5-8,12,18H,9-11H2,1-4H3. The summed E-state index contributed by atoms with van der Waals surface area (Å²) in [5.41, 5.74) is 3.65. The van der Waals surface area contributed by atoms with Crippen molar-refractivity contribution < 1.29 is 4.74 Å². The Morgan fingerprint density at radius 2 is 1.90 bits per heavy atom. The Kier molecular flexibility index (Phi) is 5.51. The zero-order valence-corrected chi connectivity index (χ0v) is 14.1. The fourth-order valence-corrected chi connectivity index (χ4v) is 2.67. The first-order chi connectivity index (χ1) is 9.98. The largest absolute Gasteiger partial charge is 0.384 e. The van der Waals surface area contributed by atoms with Crippen LogP contribution in [0.15, 0.2) is 29.6 Å². The summed E-state index contributed by atoms with van der Waals surface area (Å²) in [5.74, 6) is 0. The third-order valence-corrected chi connectivity index (χ3v) is 4.02. The van der Waals surface area contributed by atoms with E-state index in [4.69, 9.17) is 9.72 Å². The summed E-state index contributed by atoms with van der Waals surface area (Å²) >= 11 is 1.71. The van der Waals surface area contributed by atoms with E-state index in [1.165, 1.54) is 11.1 Å². The van der Waals surface area contributed by atoms with Crippen LogP contribution in [-0.4, -0.2) is 24.2 Å². The molecule has 0 aliphatic heterocycles. The molecule has 1 aromatic carbocycles. The smallest absolute Gasteiger partial charge is 0.107 e. The van der Waals surface area contributed by atoms with Gasteiger partial charge in [0.05, 0.1) is 12.3 Å². The molecule has 0 aliphatic rings. The van der Waals surface area contributed by atoms with Crippen LogP contribution >= 0.6 is 11.3 Å². The maximum Gasteiger partial charge on any atom is 0.107 e. The van der Waals surface area contributed by atoms with Crippen LogP contribution in [0.1, 0.15) is 31.3 Å². The van der Waals surface area contributed by atoms with Gasteiger partial charge in [0.2, 0.25) is 0 Å². The Labute approximate surface area is 131 Å². The van der Waals surface area contributed by atoms with Crippen LogP contribution in [0.25, 0.3) is 11.3 Å². The van der Waals surface area contributed by atoms with E-state index in [1.807, 2.05) is 0 Å². The minimum atomic E-state index is 0.120. The van der Waals surface area contributed by atoms with Crippen LogP contribution in [0.4, 0.5) is 0 Å². The topological polar surface area (TPSA) is 34.1 Å². The van der Waals surface area contributed by atoms with E-state index in [2.05, 4.69) is 55.7 Å². The molecule has 1 heterocycles. The second kappa shape index (κ2) is 7.16. The van der Waals surface area contributed by atoms with Gasteiger partial charge in [0.15, 0.2) is 0 Å². The lowest BCUT2D eigenvalue weighted by Crippen LogP contribution is -2.34. The Balaban J connectivity index is 2.00. The Bertz CT molecular complexity index is 555. The lowest BCUT2D eigenvalue weighted by molar-refractivity contribution is 0.202. The van der Waals surface area contributed by atoms with E-state index in [0.717, 1.165) is 30.3 Å². The molecule has 21 heavy (non-hydrogen) atoms. The molecule has 2 rings (SSSR count). The molecule has 1 N–H and O–H groups in total. The predicted molar refractivity (Wildman–Crippen MR) is 89.7 cm³/mol. The van der Waals surface area contributed by atoms with E-state index in [9.17, 15) is 0 Å². The van der Waals surface area contributed by atoms with Gasteiger partial charge in [-0.25, -0.2) is 4.98 Å². The molecule has 0 fully saturated rings. The SMILES string of the molecule is COCCc1ccc(-c2csc(CNC(C)(C)C)n2)cc1. The van der Waals surface area contributed by atoms with Crippen molar-refractivity contribution in [2.75, 3.05) is 13.7 Å². The number of methoxy groups -OCH3 is 1. The Morgan fingerprint density at radius 3 is 2.52 bits per heavy atom. The number of rotatable bonds is 6. The maximum absolute atomic E-state index is 5.10. The van der Waals surface area contributed by atoms with E-state index in [1.54, 1.807) is 18.4 Å². The van der Waals surface area contributed by atoms with Gasteiger partial charge in [0, 0.05) is 30.1 Å². The highest BCUT2D eigenvalue weighted by atomic mass is 32.1. The third kappa shape index (κ3) is 5.23. The molecule has 4 heteroatoms. The van der Waals surface area contributed by atoms with Crippen LogP contribution < -0.4 is 5.32 Å². The van der Waals surface area contributed by atoms with Crippen LogP contribution in [-0.2, 0) is 17.7 Å². The van der Waals surface area contributed by atoms with Crippen molar-refractivity contribution in [3.8, 4) is 11.3 Å². The van der Waals surface area contributed by atoms with Crippen molar-refractivity contribution in [2.45, 2.75) is 39.3 Å². The second-order valence-corrected chi connectivity index (χ2v) is 7.11. The monoisotopic (exact) mass is 304 g/mol. The Hall–Kier alpha value is -1.23. The molecular weight excluding hydrogens is 280 g/mol. The number of nitrogens with zero attached hydrogens (tertiary/aromatic N) is 1. The van der Waals surface area contributed by atoms with Crippen LogP contribution in [0, 0.1) is 0 Å². The number of hydrogen-bond donors (Lipinski definition) is 1. The lowest BCUT2D eigenvalue weighted by atomic mass is 10.1. The normalized spacial score (nSPS) is 11.8. The molecule has 114 valence electrons. The number of benzene rings is 1. The van der Waals surface area contributed by atoms with Crippen molar-refractivity contribution in [3.63, 3.8) is 0 Å². The third-order valence-electron chi connectivity index (χ3n) is 3.17. The average molecular weight is 304 g/mol. The molecule has 0 unspecified atom stereocenters. The fraction of sp³-hybridized carbons (Fsp3) is 0.471. The van der Waals surface area contributed by atoms with Crippen LogP contribution in [0.3, 0.4) is 0 Å². The molecule has 0 saturated carbocycles. The van der Waals surface area contributed by atoms with Gasteiger partial charge in [-0.3, -0.25) is 0 Å². The molecule has 0 spiro atoms. The molecule has 0 aliphatic carbocycles. The highest BCUT2D eigenvalue weighted by molar-refractivity contribution is 7.09. The molecule has 3 nitrogen and oxygen atoms in total. The van der Waals surface area contributed by atoms with E-state index in [0.29, 0.717) is 0 Å². The quantitative estimate of drug-likeness (QED) is 0.879. The van der Waals surface area contributed by atoms with Crippen molar-refractivity contribution in [1.82, 2.24) is 10.3 Å². The highest BCUT2D eigenvalue weighted by Gasteiger charge is 2.10. The summed E-state index contributed by atoms with van der Waals surface area (Å²) < 4.78 is 5.10. The second-order valence-electron chi connectivity index (χ2n) is 6.17. The summed E-state index contributed by atoms with van der Waals surface area (Å²) in [7, 11) is 1.73. The number of ether oxygens (including phenoxy) is 1. The minimum absolute atomic E-state index is 0.120. The lowest BCUT2D eigenvalue weighted by Gasteiger charge is -2.19. The zero-order chi connectivity index (χ0) is 15.3. The molecular formula is C17H24N2OS. The van der Waals surface area contributed by atoms with Crippen LogP contribution in [0.2, 0.25) is 0 Å². The number of hydrogen-bond acceptors (Lipinski definition) is 4. The van der Waals surface area contributed by atoms with E-state index < -0.39 is 0 Å². The summed E-state index contributed by atoms with van der Waals surface area (Å²) in [6, 6.07) is 8.59. The van der Waals surface area contributed by atoms with Gasteiger partial charge in [-0.15, -0.1) is 11.3 Å². The molecule has 0 saturated heterocycles. The molecule has 0 radical (unpaired) electrons. The predicted octanol–water partition coefficient (Wildman–Crippen LogP) is 3.89. The van der Waals surface area contributed by atoms with Gasteiger partial charge >= 0.3 is 0 Å². The average Bonchev–Trinajstić information content (AvgIpc) is 2.92. The fourth-order valence-electron chi connectivity index (χ4n) is 1.93. The van der Waals surface area contributed by atoms with Crippen molar-refractivity contribution in [2.24, 2.45) is 0 Å². The summed E-state index contributed by atoms with van der Waals surface area (Å²) in [4.78, 5) is 4.71. The van der Waals surface area contributed by atoms with Gasteiger partial charge in [0.25, 0.3) is 0 Å². The van der Waals surface area contributed by atoms with Gasteiger partial charge in [-0.1, -0.05) is 24.3 Å². The van der Waals surface area contributed by atoms with Gasteiger partial charge in [-0.2, -0.15) is 0 Å². The van der Waals surface area contributed by atoms with Gasteiger partial charge < -0.3 is 10.1 Å². The van der Waals surface area contributed by atoms with Crippen molar-refractivity contribution in [1.29, 1.82) is 0 Å². The van der Waals surface area contributed by atoms with E-state index in [-0.39, 0.29) is 5.54 Å². The highest BCUT2D eigenvalue weighted by Crippen LogP contribution is 2.22. The molecule has 0 amide bonds. The summed E-state index contributed by atoms with van der Waals surface area (Å²) in [6.45, 7) is 8.08. The molecule has 2 aromatic rings. The first-order valence-corrected chi connectivity index (χ1v) is 8.13. The summed E-state index contributed by atoms with van der Waals surface area (Å²) in [5, 5.41) is 6.73. The zero-order valence-electron chi connectivity index (χ0n) is 13.3. The van der Waals surface area contributed by atoms with Crippen molar-refractivity contribution in [3.05, 3.63) is 40.2 Å². The molecule has 0 bridgehead atoms. The minimum Gasteiger partial charge on any atom is -0.384 e. The maximum atomic E-state index is 5.10. The number of nitrogens with one attached hydrogen (secondary N) is 1. The summed E-state index contributed by atoms with van der Waals surface area (Å²) in [6.07, 6.45) is 0.953. The molecule has 0 atom stereocenters. The van der Waals surface area contributed by atoms with Crippen LogP contribution in [0.5, 0.6) is 0 Å². The molecule has 1 aromatic heterocycles. The number of aromatic nitrogens is 1. The first kappa shape index (κ1) is 16.1. The van der Waals surface area contributed by atoms with Crippen molar-refractivity contribution >= 4 is 11.3 Å². The first-order valence-electron chi connectivity index (χ1n) is 7.25. The Morgan fingerprint density at radius 1 is 1.19 bits per heavy atom. The van der Waals surface area contributed by atoms with E-state index >= 15 is 0 Å². The van der Waals surface area contributed by atoms with Gasteiger partial charge in [0.1, 0.15) is 5.01 Å². The van der Waals surface area contributed by atoms with Gasteiger partial charge in [-0.05, 0) is 32.8 Å².